The highest BCUT2D eigenvalue weighted by Gasteiger charge is 2.23. The Morgan fingerprint density at radius 1 is 0.917 bits per heavy atom. The highest BCUT2D eigenvalue weighted by molar-refractivity contribution is 6.11. The maximum Gasteiger partial charge on any atom is 0.155 e. The molecule has 0 aliphatic heterocycles. The minimum absolute atomic E-state index is 0.724. The lowest BCUT2D eigenvalue weighted by molar-refractivity contribution is 0.884. The lowest BCUT2D eigenvalue weighted by Gasteiger charge is -2.18. The molecule has 0 fully saturated rings. The quantitative estimate of drug-likeness (QED) is 0.207. The van der Waals surface area contributed by atoms with Crippen molar-refractivity contribution in [1.82, 2.24) is 0 Å². The third kappa shape index (κ3) is 3.65. The van der Waals surface area contributed by atoms with Gasteiger partial charge in [-0.1, -0.05) is 92.2 Å². The van der Waals surface area contributed by atoms with Gasteiger partial charge in [0.05, 0.1) is 5.69 Å². The zero-order valence-electron chi connectivity index (χ0n) is 20.8. The van der Waals surface area contributed by atoms with Crippen molar-refractivity contribution in [2.45, 2.75) is 39.0 Å². The summed E-state index contributed by atoms with van der Waals surface area (Å²) in [6, 6.07) is 23.9. The molecule has 0 spiro atoms. The summed E-state index contributed by atoms with van der Waals surface area (Å²) in [5.74, 6) is 0.724. The van der Waals surface area contributed by atoms with Crippen LogP contribution in [0.5, 0.6) is 0 Å². The molecule has 0 heterocycles. The van der Waals surface area contributed by atoms with Gasteiger partial charge in [0.2, 0.25) is 0 Å². The van der Waals surface area contributed by atoms with Crippen molar-refractivity contribution in [2.24, 2.45) is 9.98 Å². The maximum absolute atomic E-state index is 5.16. The number of fused-ring (bicyclic) bond motifs is 6. The second-order valence-corrected chi connectivity index (χ2v) is 9.75. The van der Waals surface area contributed by atoms with Crippen molar-refractivity contribution < 1.29 is 0 Å². The Labute approximate surface area is 213 Å². The first-order valence-corrected chi connectivity index (χ1v) is 12.9. The number of benzene rings is 4. The molecule has 0 bridgehead atoms. The maximum atomic E-state index is 5.16. The molecule has 0 saturated heterocycles. The van der Waals surface area contributed by atoms with Crippen molar-refractivity contribution in [1.29, 1.82) is 0 Å². The molecule has 36 heavy (non-hydrogen) atoms. The number of nitrogens with zero attached hydrogens (tertiary/aromatic N) is 2. The number of aryl methyl sites for hydroxylation is 1. The van der Waals surface area contributed by atoms with E-state index in [4.69, 9.17) is 4.99 Å². The first-order chi connectivity index (χ1) is 17.7. The van der Waals surface area contributed by atoms with Crippen LogP contribution >= 0.6 is 0 Å². The summed E-state index contributed by atoms with van der Waals surface area (Å²) in [6.45, 7) is 10.3. The van der Waals surface area contributed by atoms with Crippen molar-refractivity contribution in [3.63, 3.8) is 0 Å². The van der Waals surface area contributed by atoms with Gasteiger partial charge in [-0.25, -0.2) is 9.98 Å². The Balaban J connectivity index is 1.50. The van der Waals surface area contributed by atoms with Gasteiger partial charge < -0.3 is 0 Å². The number of amidine groups is 1. The number of aliphatic imine (C=N–C) groups is 2. The van der Waals surface area contributed by atoms with Crippen LogP contribution in [0.1, 0.15) is 48.4 Å². The average Bonchev–Trinajstić information content (AvgIpc) is 3.28. The molecular weight excluding hydrogens is 436 g/mol. The van der Waals surface area contributed by atoms with Crippen molar-refractivity contribution in [2.75, 3.05) is 0 Å². The van der Waals surface area contributed by atoms with Crippen LogP contribution in [0.15, 0.2) is 101 Å². The first kappa shape index (κ1) is 22.4. The summed E-state index contributed by atoms with van der Waals surface area (Å²) in [4.78, 5) is 9.60. The molecule has 2 nitrogen and oxygen atoms in total. The largest absolute Gasteiger partial charge is 0.245 e. The minimum Gasteiger partial charge on any atom is -0.245 e. The molecule has 0 atom stereocenters. The molecule has 0 aromatic heterocycles. The Morgan fingerprint density at radius 2 is 1.69 bits per heavy atom. The Kier molecular flexibility index (Phi) is 5.73. The van der Waals surface area contributed by atoms with E-state index in [-0.39, 0.29) is 0 Å². The predicted octanol–water partition coefficient (Wildman–Crippen LogP) is 9.05. The fraction of sp³-hybridized carbons (Fsp3) is 0.176. The van der Waals surface area contributed by atoms with Crippen LogP contribution < -0.4 is 0 Å². The standard InChI is InChI=1S/C34H30N2/c1-4-10-24-19-26-21-32(29-13-8-9-14-30(29)33(26)27(24)5-2)36-34(35-3)25-18-17-23-16-15-22-11-6-7-12-28(22)31(23)20-25/h5-9,11-16,20-21H,2-4,10,17-19H2,1H3. The SMILES string of the molecule is C=CC1=C(CCC)Cc2cc(N=C(N=C)C3=Cc4c(ccc5ccccc45)CC3)c3ccccc3c21. The molecule has 4 aromatic rings. The smallest absolute Gasteiger partial charge is 0.155 e. The van der Waals surface area contributed by atoms with Crippen LogP contribution in [0, 0.1) is 0 Å². The molecule has 0 saturated carbocycles. The fourth-order valence-corrected chi connectivity index (χ4v) is 5.98. The van der Waals surface area contributed by atoms with E-state index in [9.17, 15) is 0 Å². The van der Waals surface area contributed by atoms with Crippen LogP contribution in [0.3, 0.4) is 0 Å². The van der Waals surface area contributed by atoms with E-state index in [0.717, 1.165) is 54.6 Å². The number of allylic oxidation sites excluding steroid dienone is 3. The zero-order chi connectivity index (χ0) is 24.6. The third-order valence-electron chi connectivity index (χ3n) is 7.62. The monoisotopic (exact) mass is 466 g/mol. The second kappa shape index (κ2) is 9.20. The number of hydrogen-bond donors (Lipinski definition) is 0. The molecular formula is C34H30N2. The average molecular weight is 467 g/mol. The lowest BCUT2D eigenvalue weighted by atomic mass is 9.88. The van der Waals surface area contributed by atoms with Crippen LogP contribution in [0.4, 0.5) is 5.69 Å². The summed E-state index contributed by atoms with van der Waals surface area (Å²) in [5.41, 5.74) is 10.2. The zero-order valence-corrected chi connectivity index (χ0v) is 20.8. The van der Waals surface area contributed by atoms with Gasteiger partial charge in [0, 0.05) is 5.39 Å². The van der Waals surface area contributed by atoms with Gasteiger partial charge in [-0.2, -0.15) is 0 Å². The lowest BCUT2D eigenvalue weighted by Crippen LogP contribution is -2.07. The molecule has 6 rings (SSSR count). The van der Waals surface area contributed by atoms with Crippen LogP contribution in [0.25, 0.3) is 33.2 Å². The molecule has 4 aromatic carbocycles. The van der Waals surface area contributed by atoms with Crippen molar-refractivity contribution in [3.8, 4) is 0 Å². The second-order valence-electron chi connectivity index (χ2n) is 9.75. The highest BCUT2D eigenvalue weighted by Crippen LogP contribution is 2.44. The molecule has 2 aliphatic carbocycles. The van der Waals surface area contributed by atoms with E-state index >= 15 is 0 Å². The Bertz CT molecular complexity index is 1650. The van der Waals surface area contributed by atoms with Gasteiger partial charge in [-0.3, -0.25) is 0 Å². The summed E-state index contributed by atoms with van der Waals surface area (Å²) in [5, 5.41) is 4.94. The van der Waals surface area contributed by atoms with E-state index < -0.39 is 0 Å². The normalized spacial score (nSPS) is 15.1. The highest BCUT2D eigenvalue weighted by atomic mass is 14.9. The van der Waals surface area contributed by atoms with Gasteiger partial charge in [0.25, 0.3) is 0 Å². The summed E-state index contributed by atoms with van der Waals surface area (Å²) >= 11 is 0. The van der Waals surface area contributed by atoms with Gasteiger partial charge in [0.1, 0.15) is 0 Å². The molecule has 0 unspecified atom stereocenters. The summed E-state index contributed by atoms with van der Waals surface area (Å²) < 4.78 is 0. The van der Waals surface area contributed by atoms with Gasteiger partial charge >= 0.3 is 0 Å². The molecule has 0 N–H and O–H groups in total. The Morgan fingerprint density at radius 3 is 2.47 bits per heavy atom. The summed E-state index contributed by atoms with van der Waals surface area (Å²) in [6.07, 6.45) is 9.42. The van der Waals surface area contributed by atoms with Gasteiger partial charge in [-0.15, -0.1) is 0 Å². The van der Waals surface area contributed by atoms with Crippen LogP contribution in [-0.4, -0.2) is 12.6 Å². The molecule has 2 aliphatic rings. The van der Waals surface area contributed by atoms with E-state index in [0.29, 0.717) is 0 Å². The topological polar surface area (TPSA) is 24.7 Å². The first-order valence-electron chi connectivity index (χ1n) is 12.9. The van der Waals surface area contributed by atoms with E-state index in [1.807, 2.05) is 6.08 Å². The van der Waals surface area contributed by atoms with Crippen molar-refractivity contribution >= 4 is 51.4 Å². The molecule has 176 valence electrons. The number of hydrogen-bond acceptors (Lipinski definition) is 1. The van der Waals surface area contributed by atoms with E-state index in [1.54, 1.807) is 0 Å². The van der Waals surface area contributed by atoms with E-state index in [1.165, 1.54) is 49.6 Å². The van der Waals surface area contributed by atoms with E-state index in [2.05, 4.69) is 98.0 Å². The Hall–Kier alpha value is -4.04. The fourth-order valence-electron chi connectivity index (χ4n) is 5.98. The minimum atomic E-state index is 0.724. The van der Waals surface area contributed by atoms with Crippen LogP contribution in [-0.2, 0) is 12.8 Å². The van der Waals surface area contributed by atoms with Crippen LogP contribution in [0.2, 0.25) is 0 Å². The molecule has 0 radical (unpaired) electrons. The number of rotatable bonds is 5. The molecule has 0 amide bonds. The third-order valence-corrected chi connectivity index (χ3v) is 7.62. The molecule has 2 heteroatoms. The predicted molar refractivity (Wildman–Crippen MR) is 157 cm³/mol. The van der Waals surface area contributed by atoms with Gasteiger partial charge in [0.15, 0.2) is 5.84 Å². The van der Waals surface area contributed by atoms with Gasteiger partial charge in [-0.05, 0) is 94.1 Å². The summed E-state index contributed by atoms with van der Waals surface area (Å²) in [7, 11) is 0. The van der Waals surface area contributed by atoms with Crippen molar-refractivity contribution in [3.05, 3.63) is 113 Å².